The Morgan fingerprint density at radius 1 is 1.27 bits per heavy atom. The van der Waals surface area contributed by atoms with Crippen LogP contribution in [0.2, 0.25) is 0 Å². The normalized spacial score (nSPS) is 13.3. The number of hydrogen-bond acceptors (Lipinski definition) is 4. The van der Waals surface area contributed by atoms with Gasteiger partial charge in [0.05, 0.1) is 12.0 Å². The van der Waals surface area contributed by atoms with Crippen molar-refractivity contribution in [3.05, 3.63) is 0 Å². The zero-order valence-electron chi connectivity index (χ0n) is 5.94. The van der Waals surface area contributed by atoms with Gasteiger partial charge in [-0.2, -0.15) is 0 Å². The average Bonchev–Trinajstić information content (AvgIpc) is 1.55. The molecule has 0 aliphatic heterocycles. The summed E-state index contributed by atoms with van der Waals surface area (Å²) in [5.74, 6) is -0.389. The second-order valence-corrected chi connectivity index (χ2v) is 5.60. The van der Waals surface area contributed by atoms with E-state index in [0.29, 0.717) is 0 Å². The van der Waals surface area contributed by atoms with Crippen molar-refractivity contribution >= 4 is 20.0 Å². The molecule has 0 atom stereocenters. The minimum absolute atomic E-state index is 0.183. The van der Waals surface area contributed by atoms with E-state index in [9.17, 15) is 16.8 Å². The summed E-state index contributed by atoms with van der Waals surface area (Å²) in [6, 6.07) is 0. The maximum Gasteiger partial charge on any atom is 0.210 e. The molecule has 0 saturated heterocycles. The summed E-state index contributed by atoms with van der Waals surface area (Å²) in [4.78, 5) is 0. The highest BCUT2D eigenvalue weighted by Gasteiger charge is 2.04. The summed E-state index contributed by atoms with van der Waals surface area (Å²) in [5.41, 5.74) is 0. The summed E-state index contributed by atoms with van der Waals surface area (Å²) in [5, 5.41) is 4.60. The van der Waals surface area contributed by atoms with Gasteiger partial charge in [0.1, 0.15) is 0 Å². The molecule has 0 unspecified atom stereocenters. The van der Waals surface area contributed by atoms with Gasteiger partial charge in [-0.15, -0.1) is 0 Å². The Morgan fingerprint density at radius 3 is 2.00 bits per heavy atom. The predicted octanol–water partition coefficient (Wildman–Crippen LogP) is -2.18. The molecule has 0 rings (SSSR count). The largest absolute Gasteiger partial charge is 0.229 e. The Labute approximate surface area is 65.9 Å². The third-order valence-corrected chi connectivity index (χ3v) is 2.25. The maximum absolute atomic E-state index is 10.4. The van der Waals surface area contributed by atoms with Crippen molar-refractivity contribution < 1.29 is 16.8 Å². The van der Waals surface area contributed by atoms with Gasteiger partial charge in [0.25, 0.3) is 0 Å². The second kappa shape index (κ2) is 3.48. The fourth-order valence-electron chi connectivity index (χ4n) is 0.369. The van der Waals surface area contributed by atoms with Crippen molar-refractivity contribution in [1.29, 1.82) is 0 Å². The van der Waals surface area contributed by atoms with E-state index in [-0.39, 0.29) is 12.3 Å². The number of nitrogens with one attached hydrogen (secondary N) is 1. The molecule has 0 spiro atoms. The lowest BCUT2D eigenvalue weighted by atomic mass is 10.8. The maximum atomic E-state index is 10.4. The van der Waals surface area contributed by atoms with Crippen LogP contribution in [0.15, 0.2) is 0 Å². The van der Waals surface area contributed by atoms with E-state index in [1.165, 1.54) is 0 Å². The quantitative estimate of drug-likeness (QED) is 0.540. The van der Waals surface area contributed by atoms with Gasteiger partial charge in [0.15, 0.2) is 0 Å². The highest BCUT2D eigenvalue weighted by molar-refractivity contribution is 7.89. The van der Waals surface area contributed by atoms with Gasteiger partial charge in [0, 0.05) is 6.54 Å². The predicted molar refractivity (Wildman–Crippen MR) is 40.8 cm³/mol. The van der Waals surface area contributed by atoms with Crippen LogP contribution in [0.25, 0.3) is 0 Å². The molecule has 0 saturated carbocycles. The molecule has 8 heteroatoms. The number of nitrogens with two attached hydrogens (primary N) is 1. The van der Waals surface area contributed by atoms with Crippen LogP contribution < -0.4 is 9.86 Å². The Balaban J connectivity index is 3.79. The van der Waals surface area contributed by atoms with Crippen LogP contribution >= 0.6 is 0 Å². The minimum Gasteiger partial charge on any atom is -0.229 e. The van der Waals surface area contributed by atoms with E-state index in [4.69, 9.17) is 0 Å². The molecular formula is C3H10N2O4S2. The summed E-state index contributed by atoms with van der Waals surface area (Å²) in [7, 11) is -6.89. The molecule has 6 nitrogen and oxygen atoms in total. The number of hydrogen-bond donors (Lipinski definition) is 2. The molecule has 68 valence electrons. The number of primary sulfonamides is 1. The molecule has 0 heterocycles. The number of sulfonamides is 2. The molecule has 0 aliphatic rings. The lowest BCUT2D eigenvalue weighted by molar-refractivity contribution is 0.586. The molecular weight excluding hydrogens is 192 g/mol. The van der Waals surface area contributed by atoms with Crippen LogP contribution in [0.4, 0.5) is 0 Å². The van der Waals surface area contributed by atoms with Crippen LogP contribution in [0.1, 0.15) is 0 Å². The molecule has 0 aliphatic carbocycles. The first kappa shape index (κ1) is 10.8. The number of rotatable bonds is 4. The van der Waals surface area contributed by atoms with Crippen LogP contribution in [0, 0.1) is 0 Å². The highest BCUT2D eigenvalue weighted by Crippen LogP contribution is 1.77. The van der Waals surface area contributed by atoms with Gasteiger partial charge in [-0.05, 0) is 0 Å². The van der Waals surface area contributed by atoms with E-state index in [1.807, 2.05) is 4.72 Å². The molecule has 0 bridgehead atoms. The van der Waals surface area contributed by atoms with E-state index in [0.717, 1.165) is 6.26 Å². The van der Waals surface area contributed by atoms with Crippen LogP contribution in [0.5, 0.6) is 0 Å². The van der Waals surface area contributed by atoms with Gasteiger partial charge in [0.2, 0.25) is 20.0 Å². The lowest BCUT2D eigenvalue weighted by Gasteiger charge is -1.98. The Kier molecular flexibility index (Phi) is 3.42. The molecule has 0 amide bonds. The zero-order chi connectivity index (χ0) is 9.12. The first-order valence-corrected chi connectivity index (χ1v) is 6.26. The van der Waals surface area contributed by atoms with E-state index >= 15 is 0 Å². The monoisotopic (exact) mass is 202 g/mol. The smallest absolute Gasteiger partial charge is 0.210 e. The summed E-state index contributed by atoms with van der Waals surface area (Å²) >= 11 is 0. The highest BCUT2D eigenvalue weighted by atomic mass is 32.2. The second-order valence-electron chi connectivity index (χ2n) is 2.03. The van der Waals surface area contributed by atoms with E-state index in [2.05, 4.69) is 5.14 Å². The Morgan fingerprint density at radius 2 is 1.73 bits per heavy atom. The lowest BCUT2D eigenvalue weighted by Crippen LogP contribution is -2.30. The first-order valence-electron chi connectivity index (χ1n) is 2.66. The van der Waals surface area contributed by atoms with Gasteiger partial charge in [-0.1, -0.05) is 0 Å². The van der Waals surface area contributed by atoms with Gasteiger partial charge < -0.3 is 0 Å². The summed E-state index contributed by atoms with van der Waals surface area (Å²) < 4.78 is 43.3. The Hall–Kier alpha value is -0.180. The summed E-state index contributed by atoms with van der Waals surface area (Å²) in [6.45, 7) is -0.183. The third-order valence-electron chi connectivity index (χ3n) is 0.751. The van der Waals surface area contributed by atoms with Crippen LogP contribution in [-0.2, 0) is 20.0 Å². The molecule has 0 radical (unpaired) electrons. The average molecular weight is 202 g/mol. The van der Waals surface area contributed by atoms with Crippen LogP contribution in [0.3, 0.4) is 0 Å². The van der Waals surface area contributed by atoms with Crippen LogP contribution in [-0.4, -0.2) is 35.4 Å². The van der Waals surface area contributed by atoms with Crippen molar-refractivity contribution in [2.75, 3.05) is 18.6 Å². The van der Waals surface area contributed by atoms with Crippen molar-refractivity contribution in [2.45, 2.75) is 0 Å². The first-order chi connectivity index (χ1) is 4.71. The molecule has 0 aromatic carbocycles. The third kappa shape index (κ3) is 9.82. The molecule has 0 aromatic rings. The molecule has 3 N–H and O–H groups in total. The fourth-order valence-corrected chi connectivity index (χ4v) is 1.36. The van der Waals surface area contributed by atoms with Gasteiger partial charge in [-0.3, -0.25) is 0 Å². The van der Waals surface area contributed by atoms with E-state index < -0.39 is 20.0 Å². The minimum atomic E-state index is -3.57. The fraction of sp³-hybridized carbons (Fsp3) is 1.00. The SMILES string of the molecule is CS(=O)(=O)NCCS(N)(=O)=O. The Bertz CT molecular complexity index is 270. The van der Waals surface area contributed by atoms with Crippen molar-refractivity contribution in [1.82, 2.24) is 4.72 Å². The standard InChI is InChI=1S/C3H10N2O4S2/c1-10(6,7)5-2-3-11(4,8)9/h5H,2-3H2,1H3,(H2,4,8,9). The van der Waals surface area contributed by atoms with Crippen molar-refractivity contribution in [3.8, 4) is 0 Å². The topological polar surface area (TPSA) is 106 Å². The van der Waals surface area contributed by atoms with Crippen molar-refractivity contribution in [3.63, 3.8) is 0 Å². The zero-order valence-corrected chi connectivity index (χ0v) is 7.57. The van der Waals surface area contributed by atoms with E-state index in [1.54, 1.807) is 0 Å². The molecule has 11 heavy (non-hydrogen) atoms. The van der Waals surface area contributed by atoms with Gasteiger partial charge in [-0.25, -0.2) is 26.7 Å². The van der Waals surface area contributed by atoms with Gasteiger partial charge >= 0.3 is 0 Å². The summed E-state index contributed by atoms with van der Waals surface area (Å²) in [6.07, 6.45) is 0.941. The van der Waals surface area contributed by atoms with Crippen molar-refractivity contribution in [2.24, 2.45) is 5.14 Å². The molecule has 0 fully saturated rings. The molecule has 0 aromatic heterocycles.